The van der Waals surface area contributed by atoms with E-state index in [9.17, 15) is 0 Å². The summed E-state index contributed by atoms with van der Waals surface area (Å²) in [5.41, 5.74) is 0.944. The van der Waals surface area contributed by atoms with Gasteiger partial charge in [-0.25, -0.2) is 10.3 Å². The molecule has 7 heavy (non-hydrogen) atoms. The fourth-order valence-electron chi connectivity index (χ4n) is 0. The summed E-state index contributed by atoms with van der Waals surface area (Å²) in [5.74, 6) is 0. The highest BCUT2D eigenvalue weighted by molar-refractivity contribution is 5.62. The predicted molar refractivity (Wildman–Crippen MR) is 24.3 cm³/mol. The third-order valence-corrected chi connectivity index (χ3v) is 0.0956. The van der Waals surface area contributed by atoms with E-state index < -0.39 is 6.09 Å². The van der Waals surface area contributed by atoms with Crippen molar-refractivity contribution in [2.24, 2.45) is 0 Å². The first-order valence-corrected chi connectivity index (χ1v) is 1.90. The Morgan fingerprint density at radius 1 is 1.57 bits per heavy atom. The van der Waals surface area contributed by atoms with E-state index in [0.29, 0.717) is 0 Å². The molecule has 0 aromatic carbocycles. The van der Waals surface area contributed by atoms with Crippen LogP contribution in [0.4, 0.5) is 4.79 Å². The summed E-state index contributed by atoms with van der Waals surface area (Å²) >= 11 is 0. The molecule has 0 rings (SSSR count). The molecule has 4 heteroatoms. The SMILES string of the molecule is CC.O=C(O)NO. The van der Waals surface area contributed by atoms with Gasteiger partial charge < -0.3 is 5.11 Å². The van der Waals surface area contributed by atoms with Crippen molar-refractivity contribution in [3.05, 3.63) is 0 Å². The molecule has 4 nitrogen and oxygen atoms in total. The zero-order valence-corrected chi connectivity index (χ0v) is 4.30. The number of hydrogen-bond acceptors (Lipinski definition) is 2. The van der Waals surface area contributed by atoms with Crippen LogP contribution in [0, 0.1) is 0 Å². The minimum absolute atomic E-state index is 0.944. The zero-order chi connectivity index (χ0) is 6.28. The lowest BCUT2D eigenvalue weighted by Crippen LogP contribution is -2.14. The summed E-state index contributed by atoms with van der Waals surface area (Å²) in [6.45, 7) is 4.00. The summed E-state index contributed by atoms with van der Waals surface area (Å²) in [6.07, 6.45) is -1.44. The van der Waals surface area contributed by atoms with Crippen molar-refractivity contribution < 1.29 is 15.1 Å². The molecule has 0 aromatic rings. The van der Waals surface area contributed by atoms with Gasteiger partial charge in [0, 0.05) is 0 Å². The molecule has 0 radical (unpaired) electrons. The maximum Gasteiger partial charge on any atom is 0.428 e. The standard InChI is InChI=1S/C2H6.CH3NO3/c1-2;3-1(4)2-5/h1-2H3;2,5H,(H,3,4). The van der Waals surface area contributed by atoms with Gasteiger partial charge in [0.15, 0.2) is 0 Å². The van der Waals surface area contributed by atoms with E-state index in [-0.39, 0.29) is 0 Å². The third-order valence-electron chi connectivity index (χ3n) is 0.0956. The Balaban J connectivity index is 0. The summed E-state index contributed by atoms with van der Waals surface area (Å²) < 4.78 is 0. The van der Waals surface area contributed by atoms with Crippen LogP contribution in [-0.2, 0) is 0 Å². The molecule has 0 heterocycles. The number of carboxylic acid groups (broad SMARTS) is 1. The summed E-state index contributed by atoms with van der Waals surface area (Å²) in [7, 11) is 0. The second-order valence-electron chi connectivity index (χ2n) is 0.417. The number of nitrogens with one attached hydrogen (secondary N) is 1. The van der Waals surface area contributed by atoms with Crippen LogP contribution in [0.1, 0.15) is 13.8 Å². The molecule has 3 N–H and O–H groups in total. The molecular weight excluding hydrogens is 98.0 g/mol. The smallest absolute Gasteiger partial charge is 0.428 e. The third kappa shape index (κ3) is 36.1. The van der Waals surface area contributed by atoms with Gasteiger partial charge >= 0.3 is 6.09 Å². The summed E-state index contributed by atoms with van der Waals surface area (Å²) in [5, 5.41) is 14.7. The fraction of sp³-hybridized carbons (Fsp3) is 0.667. The van der Waals surface area contributed by atoms with Gasteiger partial charge in [-0.2, -0.15) is 0 Å². The quantitative estimate of drug-likeness (QED) is 0.314. The van der Waals surface area contributed by atoms with Crippen LogP contribution in [0.25, 0.3) is 0 Å². The monoisotopic (exact) mass is 107 g/mol. The van der Waals surface area contributed by atoms with E-state index in [0.717, 1.165) is 5.48 Å². The maximum absolute atomic E-state index is 9.01. The fourth-order valence-corrected chi connectivity index (χ4v) is 0. The molecule has 0 aliphatic heterocycles. The second kappa shape index (κ2) is 8.97. The molecule has 0 fully saturated rings. The Bertz CT molecular complexity index is 45.4. The number of hydroxylamine groups is 1. The first kappa shape index (κ1) is 9.52. The van der Waals surface area contributed by atoms with Gasteiger partial charge in [-0.3, -0.25) is 5.21 Å². The minimum Gasteiger partial charge on any atom is -0.464 e. The van der Waals surface area contributed by atoms with Crippen molar-refractivity contribution in [2.45, 2.75) is 13.8 Å². The van der Waals surface area contributed by atoms with Crippen LogP contribution in [0.5, 0.6) is 0 Å². The van der Waals surface area contributed by atoms with E-state index >= 15 is 0 Å². The Kier molecular flexibility index (Phi) is 12.2. The molecule has 0 spiro atoms. The highest BCUT2D eigenvalue weighted by Gasteiger charge is 1.79. The number of amides is 1. The summed E-state index contributed by atoms with van der Waals surface area (Å²) in [4.78, 5) is 9.01. The predicted octanol–water partition coefficient (Wildman–Crippen LogP) is 0.669. The van der Waals surface area contributed by atoms with Crippen LogP contribution < -0.4 is 5.48 Å². The average Bonchev–Trinajstić information content (AvgIpc) is 1.73. The maximum atomic E-state index is 9.01. The van der Waals surface area contributed by atoms with Crippen molar-refractivity contribution >= 4 is 6.09 Å². The van der Waals surface area contributed by atoms with Gasteiger partial charge in [0.05, 0.1) is 0 Å². The first-order chi connectivity index (χ1) is 3.27. The molecule has 44 valence electrons. The van der Waals surface area contributed by atoms with E-state index in [1.807, 2.05) is 13.8 Å². The van der Waals surface area contributed by atoms with E-state index in [1.54, 1.807) is 0 Å². The van der Waals surface area contributed by atoms with E-state index in [2.05, 4.69) is 0 Å². The van der Waals surface area contributed by atoms with Crippen molar-refractivity contribution in [2.75, 3.05) is 0 Å². The van der Waals surface area contributed by atoms with E-state index in [4.69, 9.17) is 15.1 Å². The largest absolute Gasteiger partial charge is 0.464 e. The van der Waals surface area contributed by atoms with Crippen LogP contribution in [-0.4, -0.2) is 16.4 Å². The van der Waals surface area contributed by atoms with Crippen molar-refractivity contribution in [1.29, 1.82) is 0 Å². The molecule has 0 aromatic heterocycles. The van der Waals surface area contributed by atoms with Crippen LogP contribution in [0.3, 0.4) is 0 Å². The highest BCUT2D eigenvalue weighted by atomic mass is 16.5. The lowest BCUT2D eigenvalue weighted by Gasteiger charge is -1.77. The van der Waals surface area contributed by atoms with Crippen molar-refractivity contribution in [3.63, 3.8) is 0 Å². The van der Waals surface area contributed by atoms with Crippen molar-refractivity contribution in [3.8, 4) is 0 Å². The highest BCUT2D eigenvalue weighted by Crippen LogP contribution is 1.45. The lowest BCUT2D eigenvalue weighted by atomic mass is 11.0. The van der Waals surface area contributed by atoms with Crippen molar-refractivity contribution in [1.82, 2.24) is 5.48 Å². The topological polar surface area (TPSA) is 69.6 Å². The molecule has 0 saturated carbocycles. The number of rotatable bonds is 0. The first-order valence-electron chi connectivity index (χ1n) is 1.90. The Morgan fingerprint density at radius 3 is 1.71 bits per heavy atom. The Hall–Kier alpha value is -0.770. The van der Waals surface area contributed by atoms with Gasteiger partial charge in [0.2, 0.25) is 0 Å². The molecule has 0 aliphatic rings. The molecule has 0 unspecified atom stereocenters. The van der Waals surface area contributed by atoms with Crippen LogP contribution in [0.15, 0.2) is 0 Å². The molecule has 0 saturated heterocycles. The minimum atomic E-state index is -1.44. The van der Waals surface area contributed by atoms with Gasteiger partial charge in [0.1, 0.15) is 0 Å². The summed E-state index contributed by atoms with van der Waals surface area (Å²) in [6, 6.07) is 0. The molecular formula is C3H9NO3. The zero-order valence-electron chi connectivity index (χ0n) is 4.30. The van der Waals surface area contributed by atoms with Gasteiger partial charge in [0.25, 0.3) is 0 Å². The Labute approximate surface area is 41.7 Å². The molecule has 0 atom stereocenters. The van der Waals surface area contributed by atoms with E-state index in [1.165, 1.54) is 0 Å². The van der Waals surface area contributed by atoms with Gasteiger partial charge in [-0.15, -0.1) is 0 Å². The lowest BCUT2D eigenvalue weighted by molar-refractivity contribution is 0.122. The molecule has 0 bridgehead atoms. The van der Waals surface area contributed by atoms with Gasteiger partial charge in [-0.05, 0) is 0 Å². The molecule has 0 aliphatic carbocycles. The number of carbonyl (C=O) groups is 1. The average molecular weight is 107 g/mol. The second-order valence-corrected chi connectivity index (χ2v) is 0.417. The van der Waals surface area contributed by atoms with Crippen LogP contribution >= 0.6 is 0 Å². The van der Waals surface area contributed by atoms with Gasteiger partial charge in [-0.1, -0.05) is 13.8 Å². The normalized spacial score (nSPS) is 5.57. The van der Waals surface area contributed by atoms with Crippen LogP contribution in [0.2, 0.25) is 0 Å². The molecule has 1 amide bonds. The number of hydrogen-bond donors (Lipinski definition) is 3. The Morgan fingerprint density at radius 2 is 1.71 bits per heavy atom.